The zero-order valence-electron chi connectivity index (χ0n) is 11.7. The van der Waals surface area contributed by atoms with Gasteiger partial charge in [0.25, 0.3) is 0 Å². The summed E-state index contributed by atoms with van der Waals surface area (Å²) < 4.78 is 6.09. The third-order valence-electron chi connectivity index (χ3n) is 3.83. The Kier molecular flexibility index (Phi) is 4.06. The zero-order valence-corrected chi connectivity index (χ0v) is 13.3. The topological polar surface area (TPSA) is 82.8 Å². The predicted molar refractivity (Wildman–Crippen MR) is 86.4 cm³/mol. The van der Waals surface area contributed by atoms with E-state index in [1.165, 1.54) is 11.0 Å². The first kappa shape index (κ1) is 14.9. The Labute approximate surface area is 134 Å². The van der Waals surface area contributed by atoms with Gasteiger partial charge in [-0.3, -0.25) is 0 Å². The van der Waals surface area contributed by atoms with Gasteiger partial charge < -0.3 is 19.7 Å². The minimum absolute atomic E-state index is 0.139. The van der Waals surface area contributed by atoms with Crippen LogP contribution in [0.25, 0.3) is 11.0 Å². The Morgan fingerprint density at radius 2 is 2.05 bits per heavy atom. The van der Waals surface area contributed by atoms with Crippen molar-refractivity contribution >= 4 is 38.7 Å². The Morgan fingerprint density at radius 3 is 2.73 bits per heavy atom. The van der Waals surface area contributed by atoms with Crippen molar-refractivity contribution in [1.82, 2.24) is 4.90 Å². The highest BCUT2D eigenvalue weighted by Crippen LogP contribution is 2.27. The van der Waals surface area contributed by atoms with E-state index in [1.807, 2.05) is 12.1 Å². The number of amides is 1. The van der Waals surface area contributed by atoms with E-state index in [1.54, 1.807) is 6.07 Å². The zero-order chi connectivity index (χ0) is 15.7. The lowest BCUT2D eigenvalue weighted by molar-refractivity contribution is 0.134. The molecule has 0 atom stereocenters. The van der Waals surface area contributed by atoms with E-state index < -0.39 is 11.7 Å². The molecule has 0 bridgehead atoms. The van der Waals surface area contributed by atoms with E-state index in [0.717, 1.165) is 15.5 Å². The Balaban J connectivity index is 1.84. The number of hydrogen-bond acceptors (Lipinski definition) is 4. The molecule has 22 heavy (non-hydrogen) atoms. The quantitative estimate of drug-likeness (QED) is 0.797. The van der Waals surface area contributed by atoms with Gasteiger partial charge in [-0.05, 0) is 31.0 Å². The lowest BCUT2D eigenvalue weighted by Crippen LogP contribution is -2.41. The molecule has 1 saturated heterocycles. The Bertz CT molecular complexity index is 766. The van der Waals surface area contributed by atoms with Crippen LogP contribution < -0.4 is 10.9 Å². The summed E-state index contributed by atoms with van der Waals surface area (Å²) in [5.41, 5.74) is 0.850. The highest BCUT2D eigenvalue weighted by molar-refractivity contribution is 9.10. The number of hydrogen-bond donors (Lipinski definition) is 2. The number of likely N-dealkylation sites (tertiary alicyclic amines) is 1. The van der Waals surface area contributed by atoms with E-state index in [0.29, 0.717) is 31.5 Å². The molecule has 1 amide bonds. The third kappa shape index (κ3) is 3.09. The molecule has 0 radical (unpaired) electrons. The van der Waals surface area contributed by atoms with Crippen LogP contribution in [0, 0.1) is 0 Å². The molecule has 1 fully saturated rings. The second-order valence-electron chi connectivity index (χ2n) is 5.31. The van der Waals surface area contributed by atoms with Crippen LogP contribution in [-0.4, -0.2) is 35.2 Å². The molecule has 6 nitrogen and oxygen atoms in total. The number of fused-ring (bicyclic) bond motifs is 1. The monoisotopic (exact) mass is 366 g/mol. The van der Waals surface area contributed by atoms with Crippen molar-refractivity contribution < 1.29 is 14.3 Å². The van der Waals surface area contributed by atoms with Crippen molar-refractivity contribution in [1.29, 1.82) is 0 Å². The molecule has 2 aromatic rings. The summed E-state index contributed by atoms with van der Waals surface area (Å²) in [6.45, 7) is 0.992. The predicted octanol–water partition coefficient (Wildman–Crippen LogP) is 3.11. The van der Waals surface area contributed by atoms with Crippen LogP contribution in [0.2, 0.25) is 0 Å². The van der Waals surface area contributed by atoms with E-state index in [4.69, 9.17) is 9.52 Å². The number of halogens is 1. The van der Waals surface area contributed by atoms with Gasteiger partial charge in [0.1, 0.15) is 5.58 Å². The first-order chi connectivity index (χ1) is 10.5. The summed E-state index contributed by atoms with van der Waals surface area (Å²) >= 11 is 3.41. The van der Waals surface area contributed by atoms with E-state index in [-0.39, 0.29) is 6.04 Å². The molecule has 0 aliphatic carbocycles. The molecular formula is C15H15BrN2O4. The van der Waals surface area contributed by atoms with Gasteiger partial charge in [-0.1, -0.05) is 15.9 Å². The van der Waals surface area contributed by atoms with E-state index in [2.05, 4.69) is 21.2 Å². The molecule has 3 rings (SSSR count). The number of nitrogens with one attached hydrogen (secondary N) is 1. The lowest BCUT2D eigenvalue weighted by atomic mass is 10.0. The third-order valence-corrected chi connectivity index (χ3v) is 4.32. The molecule has 0 saturated carbocycles. The minimum Gasteiger partial charge on any atom is -0.465 e. The average Bonchev–Trinajstić information content (AvgIpc) is 2.48. The van der Waals surface area contributed by atoms with Crippen molar-refractivity contribution in [3.8, 4) is 0 Å². The number of piperidine rings is 1. The Morgan fingerprint density at radius 1 is 1.32 bits per heavy atom. The molecule has 1 aromatic heterocycles. The fraction of sp³-hybridized carbons (Fsp3) is 0.333. The van der Waals surface area contributed by atoms with Crippen molar-refractivity contribution in [2.45, 2.75) is 18.9 Å². The minimum atomic E-state index is -0.881. The molecule has 116 valence electrons. The summed E-state index contributed by atoms with van der Waals surface area (Å²) in [5, 5.41) is 13.1. The summed E-state index contributed by atoms with van der Waals surface area (Å²) in [4.78, 5) is 24.0. The van der Waals surface area contributed by atoms with Crippen LogP contribution in [0.4, 0.5) is 10.5 Å². The SMILES string of the molecule is O=C(O)N1CCC(Nc2cc(=O)oc3ccc(Br)cc23)CC1. The number of rotatable bonds is 2. The van der Waals surface area contributed by atoms with Crippen LogP contribution in [0.1, 0.15) is 12.8 Å². The maximum absolute atomic E-state index is 11.7. The molecule has 0 spiro atoms. The fourth-order valence-corrected chi connectivity index (χ4v) is 3.05. The summed E-state index contributed by atoms with van der Waals surface area (Å²) in [6, 6.07) is 7.05. The van der Waals surface area contributed by atoms with Crippen molar-refractivity contribution in [2.24, 2.45) is 0 Å². The molecule has 2 heterocycles. The van der Waals surface area contributed by atoms with Crippen LogP contribution in [0.15, 0.2) is 37.9 Å². The number of carboxylic acid groups (broad SMARTS) is 1. The molecule has 1 aliphatic rings. The van der Waals surface area contributed by atoms with Gasteiger partial charge in [-0.25, -0.2) is 9.59 Å². The lowest BCUT2D eigenvalue weighted by Gasteiger charge is -2.31. The van der Waals surface area contributed by atoms with Crippen LogP contribution >= 0.6 is 15.9 Å². The fourth-order valence-electron chi connectivity index (χ4n) is 2.69. The molecule has 1 aromatic carbocycles. The van der Waals surface area contributed by atoms with Crippen molar-refractivity contribution in [2.75, 3.05) is 18.4 Å². The van der Waals surface area contributed by atoms with Gasteiger partial charge in [0.15, 0.2) is 0 Å². The average molecular weight is 367 g/mol. The normalized spacial score (nSPS) is 16.0. The Hall–Kier alpha value is -2.02. The molecule has 0 unspecified atom stereocenters. The number of carbonyl (C=O) groups is 1. The highest BCUT2D eigenvalue weighted by atomic mass is 79.9. The van der Waals surface area contributed by atoms with Gasteiger partial charge >= 0.3 is 11.7 Å². The first-order valence-corrected chi connectivity index (χ1v) is 7.80. The smallest absolute Gasteiger partial charge is 0.407 e. The summed E-state index contributed by atoms with van der Waals surface area (Å²) in [7, 11) is 0. The van der Waals surface area contributed by atoms with E-state index in [9.17, 15) is 9.59 Å². The highest BCUT2D eigenvalue weighted by Gasteiger charge is 2.22. The van der Waals surface area contributed by atoms with Crippen molar-refractivity contribution in [3.63, 3.8) is 0 Å². The van der Waals surface area contributed by atoms with Gasteiger partial charge in [-0.15, -0.1) is 0 Å². The van der Waals surface area contributed by atoms with Gasteiger partial charge in [-0.2, -0.15) is 0 Å². The molecular weight excluding hydrogens is 352 g/mol. The number of nitrogens with zero attached hydrogens (tertiary/aromatic N) is 1. The van der Waals surface area contributed by atoms with Crippen LogP contribution in [-0.2, 0) is 0 Å². The van der Waals surface area contributed by atoms with E-state index >= 15 is 0 Å². The first-order valence-electron chi connectivity index (χ1n) is 7.01. The largest absolute Gasteiger partial charge is 0.465 e. The number of benzene rings is 1. The maximum atomic E-state index is 11.7. The molecule has 1 aliphatic heterocycles. The summed E-state index contributed by atoms with van der Waals surface area (Å²) in [6.07, 6.45) is 0.539. The van der Waals surface area contributed by atoms with Gasteiger partial charge in [0.05, 0.1) is 5.69 Å². The standard InChI is InChI=1S/C15H15BrN2O4/c16-9-1-2-13-11(7-9)12(8-14(19)22-13)17-10-3-5-18(6-4-10)15(20)21/h1-2,7-8,10,17H,3-6H2,(H,20,21). The molecule has 2 N–H and O–H groups in total. The second kappa shape index (κ2) is 6.00. The second-order valence-corrected chi connectivity index (χ2v) is 6.22. The maximum Gasteiger partial charge on any atom is 0.407 e. The van der Waals surface area contributed by atoms with Crippen LogP contribution in [0.5, 0.6) is 0 Å². The van der Waals surface area contributed by atoms with Crippen molar-refractivity contribution in [3.05, 3.63) is 39.2 Å². The molecule has 7 heteroatoms. The number of anilines is 1. The van der Waals surface area contributed by atoms with Crippen LogP contribution in [0.3, 0.4) is 0 Å². The summed E-state index contributed by atoms with van der Waals surface area (Å²) in [5.74, 6) is 0. The van der Waals surface area contributed by atoms with Gasteiger partial charge in [0, 0.05) is 35.1 Å². The van der Waals surface area contributed by atoms with Gasteiger partial charge in [0.2, 0.25) is 0 Å².